The van der Waals surface area contributed by atoms with E-state index in [1.54, 1.807) is 12.1 Å². The molecule has 1 amide bonds. The van der Waals surface area contributed by atoms with Gasteiger partial charge in [0.05, 0.1) is 11.5 Å². The lowest BCUT2D eigenvalue weighted by Crippen LogP contribution is -3.14. The molecule has 4 rings (SSSR count). The Hall–Kier alpha value is -2.25. The molecule has 2 N–H and O–H groups in total. The number of thiophene rings is 1. The van der Waals surface area contributed by atoms with Gasteiger partial charge >= 0.3 is 0 Å². The molecule has 25 heavy (non-hydrogen) atoms. The van der Waals surface area contributed by atoms with Crippen LogP contribution in [-0.2, 0) is 11.2 Å². The highest BCUT2D eigenvalue weighted by molar-refractivity contribution is 7.10. The van der Waals surface area contributed by atoms with Crippen LogP contribution in [0.5, 0.6) is 0 Å². The van der Waals surface area contributed by atoms with Gasteiger partial charge in [0.2, 0.25) is 0 Å². The van der Waals surface area contributed by atoms with Crippen molar-refractivity contribution < 1.29 is 14.6 Å². The number of carbonyl (C=O) groups is 1. The molecule has 0 radical (unpaired) electrons. The van der Waals surface area contributed by atoms with Crippen LogP contribution in [0.15, 0.2) is 35.7 Å². The first kappa shape index (κ1) is 16.2. The van der Waals surface area contributed by atoms with E-state index in [0.717, 1.165) is 13.0 Å². The summed E-state index contributed by atoms with van der Waals surface area (Å²) in [5, 5.41) is 15.8. The van der Waals surface area contributed by atoms with Gasteiger partial charge in [-0.3, -0.25) is 14.9 Å². The summed E-state index contributed by atoms with van der Waals surface area (Å²) < 4.78 is 0. The molecule has 1 saturated carbocycles. The number of amides is 1. The van der Waals surface area contributed by atoms with Crippen molar-refractivity contribution in [1.82, 2.24) is 0 Å². The van der Waals surface area contributed by atoms with Crippen LogP contribution >= 0.6 is 11.3 Å². The number of nitrogens with zero attached hydrogens (tertiary/aromatic N) is 1. The maximum Gasteiger partial charge on any atom is 0.279 e. The van der Waals surface area contributed by atoms with E-state index in [4.69, 9.17) is 0 Å². The van der Waals surface area contributed by atoms with Gasteiger partial charge in [-0.15, -0.1) is 11.3 Å². The van der Waals surface area contributed by atoms with Crippen molar-refractivity contribution in [1.29, 1.82) is 0 Å². The average molecular weight is 358 g/mol. The third-order valence-electron chi connectivity index (χ3n) is 5.05. The van der Waals surface area contributed by atoms with Crippen LogP contribution in [0.4, 0.5) is 11.4 Å². The van der Waals surface area contributed by atoms with Gasteiger partial charge in [-0.25, -0.2) is 0 Å². The van der Waals surface area contributed by atoms with Crippen molar-refractivity contribution >= 4 is 28.6 Å². The second kappa shape index (κ2) is 6.57. The Kier molecular flexibility index (Phi) is 4.27. The molecule has 130 valence electrons. The Labute approximate surface area is 149 Å². The molecule has 2 atom stereocenters. The van der Waals surface area contributed by atoms with Gasteiger partial charge < -0.3 is 10.2 Å². The van der Waals surface area contributed by atoms with Crippen molar-refractivity contribution in [2.45, 2.75) is 25.3 Å². The molecule has 1 unspecified atom stereocenters. The fourth-order valence-corrected chi connectivity index (χ4v) is 4.73. The first-order chi connectivity index (χ1) is 12.1. The zero-order chi connectivity index (χ0) is 17.4. The van der Waals surface area contributed by atoms with Crippen molar-refractivity contribution in [3.05, 3.63) is 56.3 Å². The summed E-state index contributed by atoms with van der Waals surface area (Å²) in [5.41, 5.74) is 1.90. The first-order valence-electron chi connectivity index (χ1n) is 8.57. The molecular formula is C18H20N3O3S+. The molecule has 2 aliphatic rings. The number of nitro groups is 1. The summed E-state index contributed by atoms with van der Waals surface area (Å²) >= 11 is 1.82. The van der Waals surface area contributed by atoms with E-state index < -0.39 is 4.92 Å². The lowest BCUT2D eigenvalue weighted by molar-refractivity contribution is -0.928. The smallest absolute Gasteiger partial charge is 0.279 e. The summed E-state index contributed by atoms with van der Waals surface area (Å²) in [7, 11) is 0. The number of fused-ring (bicyclic) bond motifs is 1. The molecule has 1 aliphatic heterocycles. The fraction of sp³-hybridized carbons (Fsp3) is 0.389. The van der Waals surface area contributed by atoms with Crippen molar-refractivity contribution in [2.75, 3.05) is 18.4 Å². The van der Waals surface area contributed by atoms with Crippen molar-refractivity contribution in [2.24, 2.45) is 5.92 Å². The maximum atomic E-state index is 12.5. The maximum absolute atomic E-state index is 12.5. The van der Waals surface area contributed by atoms with Gasteiger partial charge in [0.1, 0.15) is 6.04 Å². The van der Waals surface area contributed by atoms with Crippen LogP contribution in [0.25, 0.3) is 0 Å². The van der Waals surface area contributed by atoms with Crippen LogP contribution in [0.3, 0.4) is 0 Å². The lowest BCUT2D eigenvalue weighted by atomic mass is 9.96. The molecule has 1 aliphatic carbocycles. The number of carbonyl (C=O) groups excluding carboxylic acids is 1. The average Bonchev–Trinajstić information content (AvgIpc) is 3.31. The Morgan fingerprint density at radius 2 is 2.20 bits per heavy atom. The van der Waals surface area contributed by atoms with Gasteiger partial charge in [-0.1, -0.05) is 6.07 Å². The van der Waals surface area contributed by atoms with Gasteiger partial charge in [-0.05, 0) is 30.4 Å². The summed E-state index contributed by atoms with van der Waals surface area (Å²) in [6, 6.07) is 8.75. The topological polar surface area (TPSA) is 76.7 Å². The minimum atomic E-state index is -0.452. The molecule has 2 heterocycles. The van der Waals surface area contributed by atoms with E-state index in [1.165, 1.54) is 40.3 Å². The monoisotopic (exact) mass is 358 g/mol. The minimum Gasteiger partial charge on any atom is -0.321 e. The van der Waals surface area contributed by atoms with Crippen LogP contribution in [0.1, 0.15) is 29.3 Å². The number of rotatable bonds is 5. The molecule has 7 heteroatoms. The Balaban J connectivity index is 1.45. The Morgan fingerprint density at radius 3 is 2.96 bits per heavy atom. The third kappa shape index (κ3) is 3.43. The summed E-state index contributed by atoms with van der Waals surface area (Å²) in [4.78, 5) is 25.7. The molecule has 6 nitrogen and oxygen atoms in total. The summed E-state index contributed by atoms with van der Waals surface area (Å²) in [6.07, 6.45) is 3.52. The zero-order valence-corrected chi connectivity index (χ0v) is 14.6. The second-order valence-electron chi connectivity index (χ2n) is 6.80. The number of quaternary nitrogens is 1. The molecular weight excluding hydrogens is 338 g/mol. The van der Waals surface area contributed by atoms with Crippen LogP contribution < -0.4 is 10.2 Å². The van der Waals surface area contributed by atoms with Crippen molar-refractivity contribution in [3.63, 3.8) is 0 Å². The summed E-state index contributed by atoms with van der Waals surface area (Å²) in [6.45, 7) is 1.37. The molecule has 0 spiro atoms. The fourth-order valence-electron chi connectivity index (χ4n) is 3.80. The number of hydrogen-bond acceptors (Lipinski definition) is 4. The van der Waals surface area contributed by atoms with E-state index in [9.17, 15) is 14.9 Å². The highest BCUT2D eigenvalue weighted by atomic mass is 32.1. The van der Waals surface area contributed by atoms with Gasteiger partial charge in [-0.2, -0.15) is 0 Å². The van der Waals surface area contributed by atoms with E-state index in [0.29, 0.717) is 24.2 Å². The Bertz CT molecular complexity index is 815. The number of nitrogens with one attached hydrogen (secondary N) is 2. The van der Waals surface area contributed by atoms with E-state index in [2.05, 4.69) is 16.8 Å². The highest BCUT2D eigenvalue weighted by Gasteiger charge is 2.43. The predicted octanol–water partition coefficient (Wildman–Crippen LogP) is 2.19. The normalized spacial score (nSPS) is 22.2. The number of benzene rings is 1. The molecule has 1 aromatic heterocycles. The van der Waals surface area contributed by atoms with E-state index >= 15 is 0 Å². The van der Waals surface area contributed by atoms with E-state index in [1.807, 2.05) is 11.3 Å². The van der Waals surface area contributed by atoms with Crippen LogP contribution in [0, 0.1) is 16.0 Å². The van der Waals surface area contributed by atoms with Crippen molar-refractivity contribution in [3.8, 4) is 0 Å². The SMILES string of the molecule is O=C(C[NH+]1CCc2sccc2[C@H]1C1CC1)Nc1cccc([N+](=O)[O-])c1. The van der Waals surface area contributed by atoms with Gasteiger partial charge in [0.25, 0.3) is 11.6 Å². The number of anilines is 1. The quantitative estimate of drug-likeness (QED) is 0.635. The highest BCUT2D eigenvalue weighted by Crippen LogP contribution is 2.42. The van der Waals surface area contributed by atoms with Crippen LogP contribution in [0.2, 0.25) is 0 Å². The first-order valence-corrected chi connectivity index (χ1v) is 9.45. The standard InChI is InChI=1S/C18H19N3O3S/c22-17(19-13-2-1-3-14(10-13)21(23)24)11-20-8-6-16-15(7-9-25-16)18(20)12-4-5-12/h1-3,7,9-10,12,18H,4-6,8,11H2,(H,19,22)/p+1/t18-/m1/s1. The van der Waals surface area contributed by atoms with Gasteiger partial charge in [0.15, 0.2) is 6.54 Å². The van der Waals surface area contributed by atoms with Gasteiger partial charge in [0, 0.05) is 40.6 Å². The van der Waals surface area contributed by atoms with E-state index in [-0.39, 0.29) is 11.6 Å². The minimum absolute atomic E-state index is 0.0121. The molecule has 1 aromatic carbocycles. The molecule has 2 aromatic rings. The summed E-state index contributed by atoms with van der Waals surface area (Å²) in [5.74, 6) is 0.606. The molecule has 0 bridgehead atoms. The largest absolute Gasteiger partial charge is 0.321 e. The second-order valence-corrected chi connectivity index (χ2v) is 7.81. The van der Waals surface area contributed by atoms with Crippen LogP contribution in [-0.4, -0.2) is 23.9 Å². The molecule has 0 saturated heterocycles. The number of nitro benzene ring substituents is 1. The zero-order valence-electron chi connectivity index (χ0n) is 13.7. The third-order valence-corrected chi connectivity index (χ3v) is 6.05. The number of hydrogen-bond donors (Lipinski definition) is 2. The number of non-ortho nitro benzene ring substituents is 1. The molecule has 1 fully saturated rings. The lowest BCUT2D eigenvalue weighted by Gasteiger charge is -2.32. The predicted molar refractivity (Wildman–Crippen MR) is 95.9 cm³/mol. The Morgan fingerprint density at radius 1 is 1.36 bits per heavy atom.